The normalized spacial score (nSPS) is 11.7. The fourth-order valence-electron chi connectivity index (χ4n) is 2.94. The van der Waals surface area contributed by atoms with Gasteiger partial charge >= 0.3 is 12.1 Å². The van der Waals surface area contributed by atoms with Crippen LogP contribution < -0.4 is 0 Å². The Morgan fingerprint density at radius 3 is 2.47 bits per heavy atom. The van der Waals surface area contributed by atoms with Crippen molar-refractivity contribution in [1.29, 1.82) is 0 Å². The summed E-state index contributed by atoms with van der Waals surface area (Å²) in [7, 11) is 0. The van der Waals surface area contributed by atoms with E-state index in [-0.39, 0.29) is 33.7 Å². The first-order valence-corrected chi connectivity index (χ1v) is 9.37. The van der Waals surface area contributed by atoms with Gasteiger partial charge in [-0.15, -0.1) is 11.3 Å². The Labute approximate surface area is 170 Å². The number of thiophene rings is 1. The largest absolute Gasteiger partial charge is 0.478 e. The third kappa shape index (κ3) is 3.69. The van der Waals surface area contributed by atoms with Crippen LogP contribution in [0.25, 0.3) is 22.1 Å². The summed E-state index contributed by atoms with van der Waals surface area (Å²) in [4.78, 5) is 31.2. The molecule has 0 atom stereocenters. The van der Waals surface area contributed by atoms with Gasteiger partial charge in [0.15, 0.2) is 5.76 Å². The zero-order valence-corrected chi connectivity index (χ0v) is 15.8. The van der Waals surface area contributed by atoms with Gasteiger partial charge < -0.3 is 9.52 Å². The number of carboxylic acids is 1. The van der Waals surface area contributed by atoms with Gasteiger partial charge in [0.05, 0.1) is 5.56 Å². The van der Waals surface area contributed by atoms with Crippen molar-refractivity contribution >= 4 is 34.1 Å². The molecule has 0 fully saturated rings. The molecule has 30 heavy (non-hydrogen) atoms. The molecule has 3 aromatic heterocycles. The van der Waals surface area contributed by atoms with E-state index in [4.69, 9.17) is 4.42 Å². The number of aromatic carboxylic acids is 1. The average molecular weight is 432 g/mol. The minimum Gasteiger partial charge on any atom is -0.478 e. The van der Waals surface area contributed by atoms with Gasteiger partial charge in [0.2, 0.25) is 11.6 Å². The highest BCUT2D eigenvalue weighted by molar-refractivity contribution is 7.11. The Morgan fingerprint density at radius 2 is 1.83 bits per heavy atom. The van der Waals surface area contributed by atoms with Crippen molar-refractivity contribution in [2.45, 2.75) is 12.6 Å². The summed E-state index contributed by atoms with van der Waals surface area (Å²) in [6.07, 6.45) is -3.11. The topological polar surface area (TPSA) is 93.3 Å². The van der Waals surface area contributed by atoms with E-state index in [2.05, 4.69) is 9.97 Å². The number of rotatable bonds is 5. The molecule has 10 heteroatoms. The molecule has 0 amide bonds. The van der Waals surface area contributed by atoms with Gasteiger partial charge in [0.25, 0.3) is 0 Å². The molecule has 6 nitrogen and oxygen atoms in total. The number of carboxylic acid groups (broad SMARTS) is 1. The monoisotopic (exact) mass is 432 g/mol. The highest BCUT2D eigenvalue weighted by atomic mass is 32.1. The highest BCUT2D eigenvalue weighted by Crippen LogP contribution is 2.34. The number of alkyl halides is 3. The number of aromatic nitrogens is 2. The van der Waals surface area contributed by atoms with E-state index in [1.165, 1.54) is 5.38 Å². The second kappa shape index (κ2) is 7.38. The molecule has 0 saturated carbocycles. The van der Waals surface area contributed by atoms with Gasteiger partial charge in [-0.3, -0.25) is 4.79 Å². The van der Waals surface area contributed by atoms with E-state index in [1.54, 1.807) is 30.3 Å². The first-order valence-electron chi connectivity index (χ1n) is 8.49. The molecule has 0 aliphatic carbocycles. The molecule has 3 heterocycles. The molecule has 0 bridgehead atoms. The van der Waals surface area contributed by atoms with Gasteiger partial charge in [-0.05, 0) is 17.5 Å². The molecule has 152 valence electrons. The molecule has 1 N–H and O–H groups in total. The van der Waals surface area contributed by atoms with Gasteiger partial charge in [-0.25, -0.2) is 14.8 Å². The fourth-order valence-corrected chi connectivity index (χ4v) is 3.98. The number of para-hydroxylation sites is 1. The first-order chi connectivity index (χ1) is 14.2. The number of fused-ring (bicyclic) bond motifs is 1. The highest BCUT2D eigenvalue weighted by Gasteiger charge is 2.34. The van der Waals surface area contributed by atoms with Crippen molar-refractivity contribution in [3.05, 3.63) is 70.1 Å². The lowest BCUT2D eigenvalue weighted by molar-refractivity contribution is -0.145. The van der Waals surface area contributed by atoms with E-state index in [0.29, 0.717) is 5.58 Å². The molecular formula is C20H11F3N2O4S. The van der Waals surface area contributed by atoms with Gasteiger partial charge in [-0.1, -0.05) is 18.2 Å². The molecule has 0 spiro atoms. The van der Waals surface area contributed by atoms with Crippen LogP contribution in [0, 0.1) is 0 Å². The van der Waals surface area contributed by atoms with Gasteiger partial charge in [-0.2, -0.15) is 13.2 Å². The number of carbonyl (C=O) groups is 2. The van der Waals surface area contributed by atoms with E-state index in [9.17, 15) is 27.9 Å². The van der Waals surface area contributed by atoms with Crippen LogP contribution in [0.4, 0.5) is 13.2 Å². The Morgan fingerprint density at radius 1 is 1.13 bits per heavy atom. The van der Waals surface area contributed by atoms with Crippen LogP contribution in [0.3, 0.4) is 0 Å². The van der Waals surface area contributed by atoms with Crippen LogP contribution in [0.15, 0.2) is 52.5 Å². The Balaban J connectivity index is 1.65. The first kappa shape index (κ1) is 19.8. The second-order valence-electron chi connectivity index (χ2n) is 6.29. The SMILES string of the molecule is O=C(Cc1scc(-c2cnc(C(F)(F)F)nc2)c1C(=O)O)c1cc2ccccc2o1. The fraction of sp³-hybridized carbons (Fsp3) is 0.100. The molecule has 0 unspecified atom stereocenters. The summed E-state index contributed by atoms with van der Waals surface area (Å²) in [5.74, 6) is -2.94. The predicted molar refractivity (Wildman–Crippen MR) is 102 cm³/mol. The van der Waals surface area contributed by atoms with Crippen molar-refractivity contribution in [1.82, 2.24) is 9.97 Å². The Hall–Kier alpha value is -3.53. The van der Waals surface area contributed by atoms with E-state index < -0.39 is 23.8 Å². The maximum Gasteiger partial charge on any atom is 0.451 e. The Bertz CT molecular complexity index is 1230. The second-order valence-corrected chi connectivity index (χ2v) is 7.26. The summed E-state index contributed by atoms with van der Waals surface area (Å²) in [5.41, 5.74) is 0.619. The van der Waals surface area contributed by atoms with E-state index in [0.717, 1.165) is 29.1 Å². The van der Waals surface area contributed by atoms with Crippen LogP contribution in [-0.4, -0.2) is 26.8 Å². The number of halogens is 3. The van der Waals surface area contributed by atoms with E-state index in [1.807, 2.05) is 0 Å². The number of hydrogen-bond acceptors (Lipinski definition) is 6. The maximum atomic E-state index is 12.7. The van der Waals surface area contributed by atoms with E-state index >= 15 is 0 Å². The molecule has 4 aromatic rings. The summed E-state index contributed by atoms with van der Waals surface area (Å²) in [6, 6.07) is 8.64. The summed E-state index contributed by atoms with van der Waals surface area (Å²) >= 11 is 1.02. The van der Waals surface area contributed by atoms with Crippen molar-refractivity contribution < 1.29 is 32.3 Å². The van der Waals surface area contributed by atoms with Gasteiger partial charge in [0, 0.05) is 40.2 Å². The minimum absolute atomic E-state index is 0.0975. The van der Waals surface area contributed by atoms with Crippen molar-refractivity contribution in [2.75, 3.05) is 0 Å². The minimum atomic E-state index is -4.70. The summed E-state index contributed by atoms with van der Waals surface area (Å²) in [6.45, 7) is 0. The van der Waals surface area contributed by atoms with Crippen LogP contribution in [0.2, 0.25) is 0 Å². The van der Waals surface area contributed by atoms with Crippen molar-refractivity contribution in [3.8, 4) is 11.1 Å². The quantitative estimate of drug-likeness (QED) is 0.442. The van der Waals surface area contributed by atoms with Crippen LogP contribution in [-0.2, 0) is 12.6 Å². The zero-order valence-electron chi connectivity index (χ0n) is 14.9. The number of Topliss-reactive ketones (excluding diaryl/α,β-unsaturated/α-hetero) is 1. The number of furan rings is 1. The number of nitrogens with zero attached hydrogens (tertiary/aromatic N) is 2. The predicted octanol–water partition coefficient (Wildman–Crippen LogP) is 5.09. The smallest absolute Gasteiger partial charge is 0.451 e. The molecule has 0 radical (unpaired) electrons. The number of carbonyl (C=O) groups excluding carboxylic acids is 1. The molecule has 0 aliphatic heterocycles. The zero-order chi connectivity index (χ0) is 21.5. The number of benzene rings is 1. The molecule has 4 rings (SSSR count). The molecular weight excluding hydrogens is 421 g/mol. The molecule has 0 aliphatic rings. The summed E-state index contributed by atoms with van der Waals surface area (Å²) < 4.78 is 43.5. The molecule has 0 saturated heterocycles. The van der Waals surface area contributed by atoms with Crippen molar-refractivity contribution in [3.63, 3.8) is 0 Å². The lowest BCUT2D eigenvalue weighted by atomic mass is 10.0. The maximum absolute atomic E-state index is 12.7. The Kier molecular flexibility index (Phi) is 4.86. The number of ketones is 1. The van der Waals surface area contributed by atoms with Crippen LogP contribution >= 0.6 is 11.3 Å². The van der Waals surface area contributed by atoms with Crippen LogP contribution in [0.1, 0.15) is 31.6 Å². The van der Waals surface area contributed by atoms with Crippen LogP contribution in [0.5, 0.6) is 0 Å². The third-order valence-electron chi connectivity index (χ3n) is 4.32. The average Bonchev–Trinajstić information content (AvgIpc) is 3.31. The van der Waals surface area contributed by atoms with Gasteiger partial charge in [0.1, 0.15) is 5.58 Å². The lowest BCUT2D eigenvalue weighted by Crippen LogP contribution is -2.10. The summed E-state index contributed by atoms with van der Waals surface area (Å²) in [5, 5.41) is 11.8. The van der Waals surface area contributed by atoms with Crippen molar-refractivity contribution in [2.24, 2.45) is 0 Å². The third-order valence-corrected chi connectivity index (χ3v) is 5.31. The number of hydrogen-bond donors (Lipinski definition) is 1. The lowest BCUT2D eigenvalue weighted by Gasteiger charge is -2.06. The standard InChI is InChI=1S/C20H11F3N2O4S/c21-20(22,23)19-24-7-11(8-25-19)12-9-30-16(17(12)18(27)28)6-13(26)15-5-10-3-1-2-4-14(10)29-15/h1-5,7-9H,6H2,(H,27,28). The molecule has 1 aromatic carbocycles.